The Hall–Kier alpha value is -2.06. The summed E-state index contributed by atoms with van der Waals surface area (Å²) in [5, 5.41) is 19.1. The van der Waals surface area contributed by atoms with Crippen LogP contribution in [0.1, 0.15) is 30.0 Å². The molecular formula is C23H30F2N2O3. The number of hydrogen-bond donors (Lipinski definition) is 2. The summed E-state index contributed by atoms with van der Waals surface area (Å²) in [6.45, 7) is 6.09. The molecule has 1 heterocycles. The van der Waals surface area contributed by atoms with Gasteiger partial charge in [-0.05, 0) is 48.7 Å². The molecule has 0 amide bonds. The fraction of sp³-hybridized carbons (Fsp3) is 0.478. The van der Waals surface area contributed by atoms with Gasteiger partial charge in [-0.15, -0.1) is 0 Å². The summed E-state index contributed by atoms with van der Waals surface area (Å²) in [5.41, 5.74) is 2.60. The van der Waals surface area contributed by atoms with Gasteiger partial charge in [0.15, 0.2) is 11.6 Å². The first-order valence-corrected chi connectivity index (χ1v) is 10.4. The van der Waals surface area contributed by atoms with Crippen molar-refractivity contribution in [3.05, 3.63) is 64.7 Å². The van der Waals surface area contributed by atoms with Crippen LogP contribution in [0.3, 0.4) is 0 Å². The van der Waals surface area contributed by atoms with E-state index in [1.165, 1.54) is 6.07 Å². The monoisotopic (exact) mass is 420 g/mol. The highest BCUT2D eigenvalue weighted by Crippen LogP contribution is 2.23. The molecule has 1 aliphatic heterocycles. The number of ether oxygens (including phenoxy) is 1. The lowest BCUT2D eigenvalue weighted by atomic mass is 10.0. The van der Waals surface area contributed by atoms with Gasteiger partial charge in [0.1, 0.15) is 5.75 Å². The lowest BCUT2D eigenvalue weighted by Gasteiger charge is -2.41. The molecule has 1 aliphatic rings. The van der Waals surface area contributed by atoms with Crippen molar-refractivity contribution < 1.29 is 23.7 Å². The van der Waals surface area contributed by atoms with E-state index in [2.05, 4.69) is 9.80 Å². The zero-order valence-electron chi connectivity index (χ0n) is 17.4. The van der Waals surface area contributed by atoms with Gasteiger partial charge in [0.2, 0.25) is 0 Å². The highest BCUT2D eigenvalue weighted by atomic mass is 19.2. The summed E-state index contributed by atoms with van der Waals surface area (Å²) in [6.07, 6.45) is 0.616. The Bertz CT molecular complexity index is 834. The van der Waals surface area contributed by atoms with E-state index in [0.29, 0.717) is 25.3 Å². The van der Waals surface area contributed by atoms with E-state index in [4.69, 9.17) is 4.74 Å². The van der Waals surface area contributed by atoms with Crippen LogP contribution in [0.2, 0.25) is 0 Å². The van der Waals surface area contributed by atoms with Crippen LogP contribution >= 0.6 is 0 Å². The van der Waals surface area contributed by atoms with E-state index in [0.717, 1.165) is 48.9 Å². The van der Waals surface area contributed by atoms with Crippen molar-refractivity contribution in [2.75, 3.05) is 32.8 Å². The van der Waals surface area contributed by atoms with Crippen molar-refractivity contribution >= 4 is 0 Å². The predicted molar refractivity (Wildman–Crippen MR) is 111 cm³/mol. The van der Waals surface area contributed by atoms with E-state index in [1.54, 1.807) is 6.07 Å². The summed E-state index contributed by atoms with van der Waals surface area (Å²) < 4.78 is 32.3. The second-order valence-corrected chi connectivity index (χ2v) is 7.65. The van der Waals surface area contributed by atoms with E-state index < -0.39 is 11.6 Å². The maximum absolute atomic E-state index is 13.6. The van der Waals surface area contributed by atoms with E-state index in [1.807, 2.05) is 25.1 Å². The average molecular weight is 421 g/mol. The van der Waals surface area contributed by atoms with Crippen LogP contribution < -0.4 is 4.74 Å². The van der Waals surface area contributed by atoms with E-state index in [9.17, 15) is 19.0 Å². The number of aliphatic hydroxyl groups excluding tert-OH is 2. The minimum atomic E-state index is -0.840. The number of aliphatic hydroxyl groups is 2. The molecule has 2 aromatic carbocycles. The Kier molecular flexibility index (Phi) is 8.16. The molecule has 2 aromatic rings. The molecule has 2 N–H and O–H groups in total. The minimum Gasteiger partial charge on any atom is -0.494 e. The third-order valence-corrected chi connectivity index (χ3v) is 5.52. The van der Waals surface area contributed by atoms with Crippen LogP contribution in [-0.4, -0.2) is 58.9 Å². The van der Waals surface area contributed by atoms with Crippen LogP contribution in [0, 0.1) is 11.6 Å². The van der Waals surface area contributed by atoms with Crippen LogP contribution in [0.15, 0.2) is 36.4 Å². The summed E-state index contributed by atoms with van der Waals surface area (Å²) in [5.74, 6) is -0.966. The summed E-state index contributed by atoms with van der Waals surface area (Å²) >= 11 is 0. The Morgan fingerprint density at radius 1 is 1.00 bits per heavy atom. The molecule has 3 rings (SSSR count). The smallest absolute Gasteiger partial charge is 0.159 e. The number of rotatable bonds is 9. The first-order valence-electron chi connectivity index (χ1n) is 10.4. The zero-order valence-corrected chi connectivity index (χ0v) is 17.4. The standard InChI is InChI=1S/C23H30F2N2O3/c1-2-30-23-6-4-17(11-19(23)16-29)13-26-8-9-27(20(15-26)7-10-28)14-18-3-5-21(24)22(25)12-18/h3-6,11-12,20,28-29H,2,7-10,13-16H2,1H3/t20-/m1/s1. The third-order valence-electron chi connectivity index (χ3n) is 5.52. The van der Waals surface area contributed by atoms with Crippen molar-refractivity contribution in [1.29, 1.82) is 0 Å². The predicted octanol–water partition coefficient (Wildman–Crippen LogP) is 2.92. The molecule has 0 spiro atoms. The molecule has 7 heteroatoms. The first-order chi connectivity index (χ1) is 14.5. The summed E-state index contributed by atoms with van der Waals surface area (Å²) in [6, 6.07) is 10.0. The van der Waals surface area contributed by atoms with Crippen LogP contribution in [-0.2, 0) is 19.7 Å². The molecule has 0 saturated carbocycles. The molecule has 1 atom stereocenters. The Morgan fingerprint density at radius 3 is 2.47 bits per heavy atom. The minimum absolute atomic E-state index is 0.0711. The molecule has 1 fully saturated rings. The van der Waals surface area contributed by atoms with Gasteiger partial charge in [0.05, 0.1) is 13.2 Å². The zero-order chi connectivity index (χ0) is 21.5. The second kappa shape index (κ2) is 10.8. The summed E-state index contributed by atoms with van der Waals surface area (Å²) in [4.78, 5) is 4.54. The Morgan fingerprint density at radius 2 is 1.77 bits per heavy atom. The Labute approximate surface area is 176 Å². The van der Waals surface area contributed by atoms with Gasteiger partial charge in [-0.1, -0.05) is 12.1 Å². The molecule has 0 bridgehead atoms. The number of hydrogen-bond acceptors (Lipinski definition) is 5. The molecule has 0 aromatic heterocycles. The van der Waals surface area contributed by atoms with Crippen molar-refractivity contribution in [2.24, 2.45) is 0 Å². The average Bonchev–Trinajstić information content (AvgIpc) is 2.74. The van der Waals surface area contributed by atoms with E-state index >= 15 is 0 Å². The normalized spacial score (nSPS) is 18.0. The van der Waals surface area contributed by atoms with Crippen molar-refractivity contribution in [2.45, 2.75) is 39.1 Å². The molecule has 5 nitrogen and oxygen atoms in total. The fourth-order valence-electron chi connectivity index (χ4n) is 4.01. The molecule has 0 radical (unpaired) electrons. The quantitative estimate of drug-likeness (QED) is 0.653. The lowest BCUT2D eigenvalue weighted by Crippen LogP contribution is -2.52. The van der Waals surface area contributed by atoms with Gasteiger partial charge in [0.25, 0.3) is 0 Å². The van der Waals surface area contributed by atoms with Gasteiger partial charge >= 0.3 is 0 Å². The first kappa shape index (κ1) is 22.6. The van der Waals surface area contributed by atoms with Gasteiger partial charge < -0.3 is 14.9 Å². The van der Waals surface area contributed by atoms with Crippen molar-refractivity contribution in [3.8, 4) is 5.75 Å². The number of nitrogens with zero attached hydrogens (tertiary/aromatic N) is 2. The molecule has 30 heavy (non-hydrogen) atoms. The highest BCUT2D eigenvalue weighted by Gasteiger charge is 2.27. The van der Waals surface area contributed by atoms with E-state index in [-0.39, 0.29) is 19.3 Å². The maximum atomic E-state index is 13.6. The molecule has 1 saturated heterocycles. The topological polar surface area (TPSA) is 56.2 Å². The van der Waals surface area contributed by atoms with Crippen LogP contribution in [0.4, 0.5) is 8.78 Å². The largest absolute Gasteiger partial charge is 0.494 e. The molecule has 0 unspecified atom stereocenters. The number of benzene rings is 2. The SMILES string of the molecule is CCOc1ccc(CN2CCN(Cc3ccc(F)c(F)c3)[C@H](CCO)C2)cc1CO. The lowest BCUT2D eigenvalue weighted by molar-refractivity contribution is 0.0498. The highest BCUT2D eigenvalue weighted by molar-refractivity contribution is 5.37. The summed E-state index contributed by atoms with van der Waals surface area (Å²) in [7, 11) is 0. The van der Waals surface area contributed by atoms with Gasteiger partial charge in [-0.25, -0.2) is 8.78 Å². The van der Waals surface area contributed by atoms with Crippen molar-refractivity contribution in [1.82, 2.24) is 9.80 Å². The van der Waals surface area contributed by atoms with Crippen LogP contribution in [0.5, 0.6) is 5.75 Å². The maximum Gasteiger partial charge on any atom is 0.159 e. The third kappa shape index (κ3) is 5.76. The van der Waals surface area contributed by atoms with Gasteiger partial charge in [0, 0.05) is 50.9 Å². The van der Waals surface area contributed by atoms with Crippen LogP contribution in [0.25, 0.3) is 0 Å². The Balaban J connectivity index is 1.65. The molecule has 164 valence electrons. The fourth-order valence-corrected chi connectivity index (χ4v) is 4.01. The van der Waals surface area contributed by atoms with Gasteiger partial charge in [-0.2, -0.15) is 0 Å². The molecular weight excluding hydrogens is 390 g/mol. The van der Waals surface area contributed by atoms with Crippen molar-refractivity contribution in [3.63, 3.8) is 0 Å². The van der Waals surface area contributed by atoms with Gasteiger partial charge in [-0.3, -0.25) is 9.80 Å². The number of halogens is 2. The number of piperazine rings is 1. The molecule has 0 aliphatic carbocycles. The second-order valence-electron chi connectivity index (χ2n) is 7.65.